The van der Waals surface area contributed by atoms with Gasteiger partial charge in [-0.05, 0) is 41.9 Å². The van der Waals surface area contributed by atoms with E-state index in [2.05, 4.69) is 4.98 Å². The normalized spacial score (nSPS) is 24.4. The zero-order valence-corrected chi connectivity index (χ0v) is 15.8. The fraction of sp³-hybridized carbons (Fsp3) is 0.421. The summed E-state index contributed by atoms with van der Waals surface area (Å²) in [4.78, 5) is 4.34. The zero-order valence-electron chi connectivity index (χ0n) is 15.0. The van der Waals surface area contributed by atoms with Gasteiger partial charge in [-0.3, -0.25) is 0 Å². The zero-order chi connectivity index (χ0) is 19.7. The van der Waals surface area contributed by atoms with Crippen molar-refractivity contribution in [3.05, 3.63) is 53.7 Å². The van der Waals surface area contributed by atoms with Gasteiger partial charge < -0.3 is 14.0 Å². The Morgan fingerprint density at radius 1 is 1.30 bits per heavy atom. The number of aromatic nitrogens is 1. The molecule has 0 bridgehead atoms. The molecule has 146 valence electrons. The van der Waals surface area contributed by atoms with Crippen molar-refractivity contribution >= 4 is 11.2 Å². The Morgan fingerprint density at radius 2 is 2.07 bits per heavy atom. The first kappa shape index (κ1) is 20.0. The summed E-state index contributed by atoms with van der Waals surface area (Å²) in [5.41, 5.74) is 0.0303. The molecular formula is C19H20F3NO3S. The molecule has 1 fully saturated rings. The predicted molar refractivity (Wildman–Crippen MR) is 95.0 cm³/mol. The first-order valence-electron chi connectivity index (χ1n) is 8.44. The molecule has 8 heteroatoms. The summed E-state index contributed by atoms with van der Waals surface area (Å²) in [6.07, 6.45) is -2.23. The van der Waals surface area contributed by atoms with Crippen LogP contribution >= 0.6 is 0 Å². The smallest absolute Gasteiger partial charge is 0.416 e. The average molecular weight is 399 g/mol. The lowest BCUT2D eigenvalue weighted by Gasteiger charge is -2.38. The van der Waals surface area contributed by atoms with Gasteiger partial charge in [-0.2, -0.15) is 13.2 Å². The highest BCUT2D eigenvalue weighted by Gasteiger charge is 2.45. The van der Waals surface area contributed by atoms with Gasteiger partial charge in [0.25, 0.3) is 0 Å². The van der Waals surface area contributed by atoms with Gasteiger partial charge in [0.15, 0.2) is 4.90 Å². The minimum Gasteiger partial charge on any atom is -0.611 e. The van der Waals surface area contributed by atoms with Crippen molar-refractivity contribution < 1.29 is 27.2 Å². The molecule has 2 aromatic rings. The van der Waals surface area contributed by atoms with E-state index in [4.69, 9.17) is 9.47 Å². The quantitative estimate of drug-likeness (QED) is 0.709. The third kappa shape index (κ3) is 4.39. The molecule has 1 aromatic heterocycles. The van der Waals surface area contributed by atoms with E-state index < -0.39 is 27.7 Å². The van der Waals surface area contributed by atoms with Crippen LogP contribution in [0.2, 0.25) is 0 Å². The standard InChI is InChI=1S/C19H20F3NO3S/c1-18(27(24)15-5-3-4-14(10-15)19(20,21)22)8-9-26-16(11-18)13-6-7-17(25-2)23-12-13/h3-7,10,12,16H,8-9,11H2,1-2H3. The lowest BCUT2D eigenvalue weighted by molar-refractivity contribution is -0.137. The van der Waals surface area contributed by atoms with E-state index >= 15 is 0 Å². The van der Waals surface area contributed by atoms with Crippen LogP contribution in [0.25, 0.3) is 0 Å². The Morgan fingerprint density at radius 3 is 2.70 bits per heavy atom. The van der Waals surface area contributed by atoms with E-state index in [1.807, 2.05) is 13.0 Å². The summed E-state index contributed by atoms with van der Waals surface area (Å²) in [5, 5.41) is 0. The second kappa shape index (κ2) is 7.69. The number of nitrogens with zero attached hydrogens (tertiary/aromatic N) is 1. The molecule has 1 aromatic carbocycles. The van der Waals surface area contributed by atoms with Crippen molar-refractivity contribution in [3.63, 3.8) is 0 Å². The van der Waals surface area contributed by atoms with E-state index in [1.165, 1.54) is 19.2 Å². The molecule has 0 amide bonds. The Bertz CT molecular complexity index is 785. The number of hydrogen-bond acceptors (Lipinski definition) is 4. The molecule has 3 unspecified atom stereocenters. The van der Waals surface area contributed by atoms with Gasteiger partial charge >= 0.3 is 6.18 Å². The SMILES string of the molecule is COc1ccc(C2CC(C)([S+]([O-])c3cccc(C(F)(F)F)c3)CCO2)cn1. The van der Waals surface area contributed by atoms with Crippen LogP contribution in [-0.2, 0) is 22.1 Å². The van der Waals surface area contributed by atoms with Crippen molar-refractivity contribution in [1.82, 2.24) is 4.98 Å². The summed E-state index contributed by atoms with van der Waals surface area (Å²) >= 11 is -1.61. The van der Waals surface area contributed by atoms with Gasteiger partial charge in [0.05, 0.1) is 25.4 Å². The summed E-state index contributed by atoms with van der Waals surface area (Å²) in [6, 6.07) is 8.28. The van der Waals surface area contributed by atoms with Crippen molar-refractivity contribution in [2.75, 3.05) is 13.7 Å². The number of methoxy groups -OCH3 is 1. The number of ether oxygens (including phenoxy) is 2. The number of halogens is 3. The molecule has 0 N–H and O–H groups in total. The van der Waals surface area contributed by atoms with Crippen molar-refractivity contribution in [2.24, 2.45) is 0 Å². The fourth-order valence-electron chi connectivity index (χ4n) is 3.13. The first-order valence-corrected chi connectivity index (χ1v) is 9.59. The molecule has 1 aliphatic rings. The number of alkyl halides is 3. The van der Waals surface area contributed by atoms with Crippen molar-refractivity contribution in [3.8, 4) is 5.88 Å². The van der Waals surface area contributed by atoms with Gasteiger partial charge in [0, 0.05) is 31.2 Å². The van der Waals surface area contributed by atoms with Crippen molar-refractivity contribution in [2.45, 2.75) is 41.7 Å². The molecule has 0 radical (unpaired) electrons. The Kier molecular flexibility index (Phi) is 5.69. The highest BCUT2D eigenvalue weighted by Crippen LogP contribution is 2.42. The van der Waals surface area contributed by atoms with Crippen LogP contribution in [0.4, 0.5) is 13.2 Å². The second-order valence-electron chi connectivity index (χ2n) is 6.69. The number of pyridine rings is 1. The molecule has 3 atom stereocenters. The minimum atomic E-state index is -4.46. The topological polar surface area (TPSA) is 54.4 Å². The average Bonchev–Trinajstić information content (AvgIpc) is 2.67. The molecule has 3 rings (SSSR count). The van der Waals surface area contributed by atoms with Crippen LogP contribution in [0.5, 0.6) is 5.88 Å². The van der Waals surface area contributed by atoms with Gasteiger partial charge in [-0.1, -0.05) is 6.07 Å². The summed E-state index contributed by atoms with van der Waals surface area (Å²) in [6.45, 7) is 2.20. The van der Waals surface area contributed by atoms with Crippen molar-refractivity contribution in [1.29, 1.82) is 0 Å². The highest BCUT2D eigenvalue weighted by atomic mass is 32.2. The third-order valence-corrected chi connectivity index (χ3v) is 6.68. The maximum atomic E-state index is 13.1. The molecular weight excluding hydrogens is 379 g/mol. The summed E-state index contributed by atoms with van der Waals surface area (Å²) < 4.78 is 62.2. The van der Waals surface area contributed by atoms with Gasteiger partial charge in [0.2, 0.25) is 5.88 Å². The molecule has 0 spiro atoms. The molecule has 0 aliphatic carbocycles. The third-order valence-electron chi connectivity index (χ3n) is 4.73. The highest BCUT2D eigenvalue weighted by molar-refractivity contribution is 7.92. The Labute approximate surface area is 158 Å². The lowest BCUT2D eigenvalue weighted by Crippen LogP contribution is -2.42. The van der Waals surface area contributed by atoms with E-state index in [1.54, 1.807) is 12.3 Å². The van der Waals surface area contributed by atoms with Gasteiger partial charge in [-0.25, -0.2) is 4.98 Å². The lowest BCUT2D eigenvalue weighted by atomic mass is 9.93. The fourth-order valence-corrected chi connectivity index (χ4v) is 4.70. The maximum absolute atomic E-state index is 13.1. The Balaban J connectivity index is 1.82. The number of rotatable bonds is 4. The van der Waals surface area contributed by atoms with Gasteiger partial charge in [0.1, 0.15) is 4.75 Å². The maximum Gasteiger partial charge on any atom is 0.416 e. The predicted octanol–water partition coefficient (Wildman–Crippen LogP) is 4.53. The van der Waals surface area contributed by atoms with Crippen LogP contribution in [-0.4, -0.2) is 28.0 Å². The Hall–Kier alpha value is -1.77. The summed E-state index contributed by atoms with van der Waals surface area (Å²) in [7, 11) is 1.52. The van der Waals surface area contributed by atoms with Crippen LogP contribution in [0, 0.1) is 0 Å². The second-order valence-corrected chi connectivity index (χ2v) is 8.69. The van der Waals surface area contributed by atoms with Crippen LogP contribution in [0.3, 0.4) is 0 Å². The van der Waals surface area contributed by atoms with E-state index in [0.717, 1.165) is 17.7 Å². The number of hydrogen-bond donors (Lipinski definition) is 0. The van der Waals surface area contributed by atoms with Gasteiger partial charge in [-0.15, -0.1) is 0 Å². The molecule has 1 aliphatic heterocycles. The molecule has 27 heavy (non-hydrogen) atoms. The monoisotopic (exact) mass is 399 g/mol. The van der Waals surface area contributed by atoms with Crippen LogP contribution in [0.15, 0.2) is 47.5 Å². The largest absolute Gasteiger partial charge is 0.611 e. The molecule has 2 heterocycles. The molecule has 0 saturated carbocycles. The van der Waals surface area contributed by atoms with E-state index in [9.17, 15) is 17.7 Å². The number of benzene rings is 1. The van der Waals surface area contributed by atoms with E-state index in [-0.39, 0.29) is 11.0 Å². The minimum absolute atomic E-state index is 0.181. The van der Waals surface area contributed by atoms with Crippen LogP contribution < -0.4 is 4.74 Å². The van der Waals surface area contributed by atoms with E-state index in [0.29, 0.717) is 25.3 Å². The summed E-state index contributed by atoms with van der Waals surface area (Å²) in [5.74, 6) is 0.477. The van der Waals surface area contributed by atoms with Crippen LogP contribution in [0.1, 0.15) is 37.0 Å². The first-order chi connectivity index (χ1) is 12.7. The molecule has 4 nitrogen and oxygen atoms in total. The molecule has 1 saturated heterocycles.